The SMILES string of the molecule is O=C(CN1CCC(OC2CCN(C(=O)[C@@H](C3CCCCC3)n3ccc4ccc(C5CCCNC5)cc4c3=O)CC2)CC1)N1CCN(C(=O)c2cc(Cc3n[nH]c(=O)c4ccccc34)ccc2F)CC1. The van der Waals surface area contributed by atoms with E-state index in [9.17, 15) is 24.0 Å². The van der Waals surface area contributed by atoms with E-state index >= 15 is 4.39 Å². The van der Waals surface area contributed by atoms with Gasteiger partial charge in [0.1, 0.15) is 11.9 Å². The topological polar surface area (TPSA) is 153 Å². The zero-order valence-electron chi connectivity index (χ0n) is 39.6. The summed E-state index contributed by atoms with van der Waals surface area (Å²) in [5, 5.41) is 13.1. The summed E-state index contributed by atoms with van der Waals surface area (Å²) in [7, 11) is 0. The number of benzene rings is 3. The van der Waals surface area contributed by atoms with Crippen LogP contribution in [0.4, 0.5) is 4.39 Å². The molecule has 5 fully saturated rings. The number of nitrogens with one attached hydrogen (secondary N) is 2. The van der Waals surface area contributed by atoms with Crippen LogP contribution < -0.4 is 16.4 Å². The Morgan fingerprint density at radius 3 is 2.19 bits per heavy atom. The van der Waals surface area contributed by atoms with Gasteiger partial charge in [-0.2, -0.15) is 5.10 Å². The van der Waals surface area contributed by atoms with Crippen LogP contribution in [0.25, 0.3) is 21.5 Å². The number of aromatic amines is 1. The lowest BCUT2D eigenvalue weighted by molar-refractivity contribution is -0.141. The molecule has 0 spiro atoms. The number of rotatable bonds is 11. The fourth-order valence-corrected chi connectivity index (χ4v) is 11.7. The van der Waals surface area contributed by atoms with E-state index in [1.807, 2.05) is 29.3 Å². The number of hydrogen-bond donors (Lipinski definition) is 2. The average molecular weight is 941 g/mol. The van der Waals surface area contributed by atoms with E-state index in [4.69, 9.17) is 4.74 Å². The molecule has 2 atom stereocenters. The van der Waals surface area contributed by atoms with Gasteiger partial charge in [0.25, 0.3) is 17.0 Å². The smallest absolute Gasteiger partial charge is 0.272 e. The predicted octanol–water partition coefficient (Wildman–Crippen LogP) is 6.01. The number of likely N-dealkylation sites (tertiary alicyclic amines) is 2. The van der Waals surface area contributed by atoms with Crippen molar-refractivity contribution in [2.75, 3.05) is 72.0 Å². The number of piperazine rings is 1. The molecule has 15 heteroatoms. The second-order valence-electron chi connectivity index (χ2n) is 20.1. The van der Waals surface area contributed by atoms with Gasteiger partial charge in [0.15, 0.2) is 0 Å². The van der Waals surface area contributed by atoms with Gasteiger partial charge >= 0.3 is 0 Å². The van der Waals surface area contributed by atoms with Crippen LogP contribution in [0.2, 0.25) is 0 Å². The number of nitrogens with zero attached hydrogens (tertiary/aromatic N) is 6. The lowest BCUT2D eigenvalue weighted by Gasteiger charge is -2.40. The maximum atomic E-state index is 15.1. The third kappa shape index (κ3) is 10.4. The van der Waals surface area contributed by atoms with Crippen molar-refractivity contribution in [3.05, 3.63) is 122 Å². The number of pyridine rings is 1. The maximum absolute atomic E-state index is 15.1. The van der Waals surface area contributed by atoms with Crippen LogP contribution in [0, 0.1) is 11.7 Å². The maximum Gasteiger partial charge on any atom is 0.272 e. The van der Waals surface area contributed by atoms with Crippen LogP contribution in [0.3, 0.4) is 0 Å². The summed E-state index contributed by atoms with van der Waals surface area (Å²) in [5.41, 5.74) is 2.15. The molecular weight excluding hydrogens is 876 g/mol. The molecule has 4 aliphatic heterocycles. The Morgan fingerprint density at radius 2 is 1.45 bits per heavy atom. The van der Waals surface area contributed by atoms with Crippen molar-refractivity contribution < 1.29 is 23.5 Å². The quantitative estimate of drug-likeness (QED) is 0.162. The van der Waals surface area contributed by atoms with Crippen LogP contribution in [-0.4, -0.2) is 136 Å². The number of hydrogen-bond acceptors (Lipinski definition) is 9. The normalized spacial score (nSPS) is 20.9. The van der Waals surface area contributed by atoms with E-state index < -0.39 is 17.8 Å². The fourth-order valence-electron chi connectivity index (χ4n) is 11.7. The molecule has 1 saturated carbocycles. The van der Waals surface area contributed by atoms with Crippen molar-refractivity contribution in [1.29, 1.82) is 0 Å². The monoisotopic (exact) mass is 941 g/mol. The van der Waals surface area contributed by atoms with Gasteiger partial charge in [-0.05, 0) is 117 Å². The first-order valence-electron chi connectivity index (χ1n) is 25.5. The summed E-state index contributed by atoms with van der Waals surface area (Å²) in [6, 6.07) is 19.5. The Bertz CT molecular complexity index is 2780. The van der Waals surface area contributed by atoms with Crippen LogP contribution in [0.15, 0.2) is 82.5 Å². The van der Waals surface area contributed by atoms with E-state index in [0.717, 1.165) is 95.8 Å². The molecule has 1 aliphatic carbocycles. The van der Waals surface area contributed by atoms with Crippen LogP contribution in [0.5, 0.6) is 0 Å². The number of fused-ring (bicyclic) bond motifs is 2. The molecule has 14 nitrogen and oxygen atoms in total. The van der Waals surface area contributed by atoms with E-state index in [1.54, 1.807) is 38.6 Å². The van der Waals surface area contributed by atoms with Gasteiger partial charge in [-0.1, -0.05) is 55.7 Å². The molecule has 0 bridgehead atoms. The summed E-state index contributed by atoms with van der Waals surface area (Å²) in [6.07, 6.45) is 12.9. The molecule has 6 heterocycles. The predicted molar refractivity (Wildman–Crippen MR) is 263 cm³/mol. The fraction of sp³-hybridized carbons (Fsp3) is 0.519. The third-order valence-corrected chi connectivity index (χ3v) is 15.7. The van der Waals surface area contributed by atoms with Crippen LogP contribution in [-0.2, 0) is 20.7 Å². The summed E-state index contributed by atoms with van der Waals surface area (Å²) >= 11 is 0. The molecule has 4 saturated heterocycles. The molecule has 2 aromatic heterocycles. The highest BCUT2D eigenvalue weighted by molar-refractivity contribution is 5.95. The first-order chi connectivity index (χ1) is 33.7. The number of ether oxygens (including phenoxy) is 1. The van der Waals surface area contributed by atoms with Crippen molar-refractivity contribution >= 4 is 39.3 Å². The van der Waals surface area contributed by atoms with Gasteiger partial charge < -0.3 is 29.3 Å². The first-order valence-corrected chi connectivity index (χ1v) is 25.5. The molecule has 1 unspecified atom stereocenters. The van der Waals surface area contributed by atoms with Crippen LogP contribution in [0.1, 0.15) is 110 Å². The van der Waals surface area contributed by atoms with Crippen molar-refractivity contribution in [3.63, 3.8) is 0 Å². The number of halogens is 1. The van der Waals surface area contributed by atoms with Crippen molar-refractivity contribution in [2.24, 2.45) is 5.92 Å². The Hall–Kier alpha value is -5.77. The molecule has 5 aliphatic rings. The number of H-pyrrole nitrogens is 1. The molecule has 3 amide bonds. The second-order valence-corrected chi connectivity index (χ2v) is 20.1. The lowest BCUT2D eigenvalue weighted by Crippen LogP contribution is -2.53. The van der Waals surface area contributed by atoms with Gasteiger partial charge in [-0.25, -0.2) is 9.49 Å². The molecule has 0 radical (unpaired) electrons. The minimum absolute atomic E-state index is 0.0199. The molecule has 364 valence electrons. The number of aromatic nitrogens is 3. The van der Waals surface area contributed by atoms with Crippen LogP contribution >= 0.6 is 0 Å². The number of carbonyl (C=O) groups is 3. The minimum atomic E-state index is -0.606. The number of carbonyl (C=O) groups excluding carboxylic acids is 3. The van der Waals surface area contributed by atoms with E-state index in [1.165, 1.54) is 18.1 Å². The Labute approximate surface area is 402 Å². The number of piperidine rings is 3. The van der Waals surface area contributed by atoms with Gasteiger partial charge in [-0.15, -0.1) is 0 Å². The van der Waals surface area contributed by atoms with E-state index in [2.05, 4.69) is 38.6 Å². The summed E-state index contributed by atoms with van der Waals surface area (Å²) in [4.78, 5) is 75.8. The highest BCUT2D eigenvalue weighted by Gasteiger charge is 2.37. The second kappa shape index (κ2) is 21.1. The Balaban J connectivity index is 0.684. The third-order valence-electron chi connectivity index (χ3n) is 15.7. The zero-order chi connectivity index (χ0) is 47.4. The summed E-state index contributed by atoms with van der Waals surface area (Å²) < 4.78 is 23.5. The molecule has 5 aromatic rings. The molecule has 3 aromatic carbocycles. The Morgan fingerprint density at radius 1 is 0.725 bits per heavy atom. The van der Waals surface area contributed by atoms with Gasteiger partial charge in [0, 0.05) is 82.3 Å². The summed E-state index contributed by atoms with van der Waals surface area (Å²) in [5.74, 6) is -0.414. The highest BCUT2D eigenvalue weighted by Crippen LogP contribution is 2.35. The number of amides is 3. The van der Waals surface area contributed by atoms with Gasteiger partial charge in [-0.3, -0.25) is 28.9 Å². The van der Waals surface area contributed by atoms with E-state index in [-0.39, 0.29) is 46.6 Å². The zero-order valence-corrected chi connectivity index (χ0v) is 39.6. The standard InChI is InChI=1S/C54H65FN8O6/c55-47-15-12-36(32-48-43-10-4-5-11-44(43)51(65)58-57-48)31-46(47)52(66)62-29-27-60(28-30-62)49(64)35-59-22-17-41(18-23-59)69-42-19-24-61(25-20-42)54(68)50(38-7-2-1-3-8-38)63-26-16-37-13-14-39(33-45(37)53(63)67)40-9-6-21-56-34-40/h4-5,10-16,26,31,33,38,40-42,50,56H,1-3,6-9,17-25,27-30,32,34-35H2,(H,58,65)/t40?,50-/m1/s1. The van der Waals surface area contributed by atoms with Crippen molar-refractivity contribution in [2.45, 2.75) is 101 Å². The Kier molecular flexibility index (Phi) is 14.3. The molecule has 2 N–H and O–H groups in total. The summed E-state index contributed by atoms with van der Waals surface area (Å²) in [6.45, 7) is 6.33. The largest absolute Gasteiger partial charge is 0.375 e. The molecular formula is C54H65FN8O6. The molecule has 69 heavy (non-hydrogen) atoms. The first kappa shape index (κ1) is 46.9. The molecule has 10 rings (SSSR count). The average Bonchev–Trinajstić information content (AvgIpc) is 3.39. The minimum Gasteiger partial charge on any atom is -0.375 e. The van der Waals surface area contributed by atoms with Crippen molar-refractivity contribution in [1.82, 2.24) is 39.7 Å². The van der Waals surface area contributed by atoms with Gasteiger partial charge in [0.05, 0.1) is 35.4 Å². The van der Waals surface area contributed by atoms with E-state index in [0.29, 0.717) is 85.6 Å². The van der Waals surface area contributed by atoms with Gasteiger partial charge in [0.2, 0.25) is 11.8 Å². The highest BCUT2D eigenvalue weighted by atomic mass is 19.1. The lowest BCUT2D eigenvalue weighted by atomic mass is 9.82. The van der Waals surface area contributed by atoms with Crippen molar-refractivity contribution in [3.8, 4) is 0 Å².